The van der Waals surface area contributed by atoms with Crippen LogP contribution in [0.5, 0.6) is 0 Å². The van der Waals surface area contributed by atoms with E-state index in [1.807, 2.05) is 0 Å². The summed E-state index contributed by atoms with van der Waals surface area (Å²) in [4.78, 5) is 24.7. The van der Waals surface area contributed by atoms with Gasteiger partial charge in [0.1, 0.15) is 11.7 Å². The van der Waals surface area contributed by atoms with E-state index in [0.29, 0.717) is 0 Å². The van der Waals surface area contributed by atoms with Crippen LogP contribution in [0.1, 0.15) is 13.3 Å². The summed E-state index contributed by atoms with van der Waals surface area (Å²) in [6.45, 7) is 4.61. The number of ketones is 1. The minimum absolute atomic E-state index is 0.189. The molecule has 0 aromatic carbocycles. The fraction of sp³-hybridized carbons (Fsp3) is 0.429. The topological polar surface area (TPSA) is 63.6 Å². The number of carbonyl (C=O) groups excluding carboxylic acids is 2. The van der Waals surface area contributed by atoms with E-state index >= 15 is 0 Å². The molecular formula is C7H10O4. The molecule has 0 fully saturated rings. The molecule has 0 saturated carbocycles. The van der Waals surface area contributed by atoms with Crippen molar-refractivity contribution in [2.45, 2.75) is 13.3 Å². The van der Waals surface area contributed by atoms with Gasteiger partial charge < -0.3 is 4.89 Å². The Kier molecular flexibility index (Phi) is 4.14. The summed E-state index contributed by atoms with van der Waals surface area (Å²) in [5.74, 6) is -2.20. The average Bonchev–Trinajstić information content (AvgIpc) is 1.98. The van der Waals surface area contributed by atoms with Gasteiger partial charge in [-0.05, 0) is 13.3 Å². The number of Topliss-reactive ketones (excluding diaryl/α,β-unsaturated/α-hetero) is 1. The molecule has 62 valence electrons. The number of hydrogen-bond acceptors (Lipinski definition) is 4. The zero-order valence-electron chi connectivity index (χ0n) is 6.24. The van der Waals surface area contributed by atoms with E-state index in [2.05, 4.69) is 11.5 Å². The van der Waals surface area contributed by atoms with Crippen molar-refractivity contribution in [3.8, 4) is 0 Å². The predicted molar refractivity (Wildman–Crippen MR) is 37.7 cm³/mol. The van der Waals surface area contributed by atoms with Gasteiger partial charge in [-0.1, -0.05) is 6.08 Å². The van der Waals surface area contributed by atoms with E-state index in [9.17, 15) is 9.59 Å². The Morgan fingerprint density at radius 2 is 2.27 bits per heavy atom. The van der Waals surface area contributed by atoms with Crippen molar-refractivity contribution in [3.05, 3.63) is 12.7 Å². The number of allylic oxidation sites excluding steroid dienone is 1. The summed E-state index contributed by atoms with van der Waals surface area (Å²) < 4.78 is 0. The van der Waals surface area contributed by atoms with Crippen molar-refractivity contribution in [1.29, 1.82) is 0 Å². The lowest BCUT2D eigenvalue weighted by molar-refractivity contribution is -0.238. The highest BCUT2D eigenvalue weighted by Gasteiger charge is 2.23. The normalized spacial score (nSPS) is 11.8. The van der Waals surface area contributed by atoms with Crippen molar-refractivity contribution in [2.75, 3.05) is 0 Å². The quantitative estimate of drug-likeness (QED) is 0.284. The summed E-state index contributed by atoms with van der Waals surface area (Å²) in [5, 5.41) is 7.94. The third kappa shape index (κ3) is 2.95. The highest BCUT2D eigenvalue weighted by atomic mass is 17.1. The summed E-state index contributed by atoms with van der Waals surface area (Å²) in [7, 11) is 0. The van der Waals surface area contributed by atoms with Crippen molar-refractivity contribution in [2.24, 2.45) is 5.92 Å². The van der Waals surface area contributed by atoms with Crippen LogP contribution in [0.15, 0.2) is 12.7 Å². The van der Waals surface area contributed by atoms with Gasteiger partial charge in [0.05, 0.1) is 0 Å². The van der Waals surface area contributed by atoms with Gasteiger partial charge in [0.15, 0.2) is 0 Å². The molecule has 11 heavy (non-hydrogen) atoms. The maximum Gasteiger partial charge on any atom is 0.352 e. The average molecular weight is 158 g/mol. The van der Waals surface area contributed by atoms with Gasteiger partial charge in [0.2, 0.25) is 0 Å². The molecule has 0 aliphatic carbocycles. The van der Waals surface area contributed by atoms with Gasteiger partial charge in [-0.3, -0.25) is 4.79 Å². The molecule has 4 nitrogen and oxygen atoms in total. The molecule has 1 atom stereocenters. The molecule has 0 bridgehead atoms. The van der Waals surface area contributed by atoms with E-state index in [1.165, 1.54) is 13.0 Å². The second-order valence-corrected chi connectivity index (χ2v) is 2.10. The zero-order chi connectivity index (χ0) is 8.85. The highest BCUT2D eigenvalue weighted by molar-refractivity contribution is 5.97. The first kappa shape index (κ1) is 9.84. The third-order valence-electron chi connectivity index (χ3n) is 1.27. The van der Waals surface area contributed by atoms with Crippen LogP contribution in [0.4, 0.5) is 0 Å². The van der Waals surface area contributed by atoms with Crippen LogP contribution >= 0.6 is 0 Å². The Morgan fingerprint density at radius 1 is 1.73 bits per heavy atom. The van der Waals surface area contributed by atoms with Crippen molar-refractivity contribution in [3.63, 3.8) is 0 Å². The number of carbonyl (C=O) groups is 2. The van der Waals surface area contributed by atoms with Gasteiger partial charge in [0.25, 0.3) is 0 Å². The monoisotopic (exact) mass is 158 g/mol. The van der Waals surface area contributed by atoms with Crippen LogP contribution in [0.3, 0.4) is 0 Å². The number of hydrogen-bond donors (Lipinski definition) is 1. The molecule has 0 aromatic heterocycles. The first-order chi connectivity index (χ1) is 5.13. The number of rotatable bonds is 4. The first-order valence-electron chi connectivity index (χ1n) is 3.10. The van der Waals surface area contributed by atoms with Crippen LogP contribution < -0.4 is 0 Å². The molecule has 4 heteroatoms. The van der Waals surface area contributed by atoms with Crippen molar-refractivity contribution in [1.82, 2.24) is 0 Å². The molecule has 0 spiro atoms. The van der Waals surface area contributed by atoms with Crippen molar-refractivity contribution < 1.29 is 19.7 Å². The Morgan fingerprint density at radius 3 is 2.55 bits per heavy atom. The molecule has 1 N–H and O–H groups in total. The van der Waals surface area contributed by atoms with E-state index in [1.54, 1.807) is 0 Å². The Labute approximate surface area is 64.4 Å². The fourth-order valence-electron chi connectivity index (χ4n) is 0.658. The van der Waals surface area contributed by atoms with Crippen LogP contribution in [-0.4, -0.2) is 17.0 Å². The second kappa shape index (κ2) is 4.62. The lowest BCUT2D eigenvalue weighted by atomic mass is 10.0. The van der Waals surface area contributed by atoms with Gasteiger partial charge >= 0.3 is 5.97 Å². The van der Waals surface area contributed by atoms with E-state index in [-0.39, 0.29) is 12.2 Å². The molecule has 0 amide bonds. The largest absolute Gasteiger partial charge is 0.352 e. The maximum absolute atomic E-state index is 10.7. The Balaban J connectivity index is 4.20. The highest BCUT2D eigenvalue weighted by Crippen LogP contribution is 2.06. The first-order valence-corrected chi connectivity index (χ1v) is 3.10. The smallest absolute Gasteiger partial charge is 0.300 e. The summed E-state index contributed by atoms with van der Waals surface area (Å²) in [6, 6.07) is 0. The molecule has 0 saturated heterocycles. The minimum atomic E-state index is -0.933. The summed E-state index contributed by atoms with van der Waals surface area (Å²) >= 11 is 0. The molecule has 0 radical (unpaired) electrons. The fourth-order valence-corrected chi connectivity index (χ4v) is 0.658. The molecule has 0 rings (SSSR count). The minimum Gasteiger partial charge on any atom is -0.300 e. The van der Waals surface area contributed by atoms with E-state index in [0.717, 1.165) is 0 Å². The molecule has 1 unspecified atom stereocenters. The Hall–Kier alpha value is -1.16. The molecule has 0 aliphatic rings. The lowest BCUT2D eigenvalue weighted by Gasteiger charge is -2.05. The molecular weight excluding hydrogens is 148 g/mol. The van der Waals surface area contributed by atoms with Crippen LogP contribution in [0.25, 0.3) is 0 Å². The second-order valence-electron chi connectivity index (χ2n) is 2.10. The standard InChI is InChI=1S/C7H10O4/c1-3-4-6(5(2)8)7(9)11-10/h3,6,10H,1,4H2,2H3. The predicted octanol–water partition coefficient (Wildman–Crippen LogP) is 0.784. The van der Waals surface area contributed by atoms with Crippen LogP contribution in [0, 0.1) is 5.92 Å². The molecule has 0 heterocycles. The SMILES string of the molecule is C=CCC(C(C)=O)C(=O)OO. The summed E-state index contributed by atoms with van der Waals surface area (Å²) in [5.41, 5.74) is 0. The lowest BCUT2D eigenvalue weighted by Crippen LogP contribution is -2.22. The van der Waals surface area contributed by atoms with E-state index in [4.69, 9.17) is 5.26 Å². The van der Waals surface area contributed by atoms with Gasteiger partial charge in [-0.25, -0.2) is 4.79 Å². The van der Waals surface area contributed by atoms with Crippen LogP contribution in [0.2, 0.25) is 0 Å². The summed E-state index contributed by atoms with van der Waals surface area (Å²) in [6.07, 6.45) is 1.61. The zero-order valence-corrected chi connectivity index (χ0v) is 6.24. The molecule has 0 aliphatic heterocycles. The maximum atomic E-state index is 10.7. The van der Waals surface area contributed by atoms with E-state index < -0.39 is 11.9 Å². The Bertz CT molecular complexity index is 173. The van der Waals surface area contributed by atoms with Crippen molar-refractivity contribution >= 4 is 11.8 Å². The van der Waals surface area contributed by atoms with Gasteiger partial charge in [-0.15, -0.1) is 6.58 Å². The van der Waals surface area contributed by atoms with Gasteiger partial charge in [0, 0.05) is 0 Å². The van der Waals surface area contributed by atoms with Crippen LogP contribution in [-0.2, 0) is 14.5 Å². The molecule has 0 aromatic rings. The van der Waals surface area contributed by atoms with Gasteiger partial charge in [-0.2, -0.15) is 5.26 Å². The third-order valence-corrected chi connectivity index (χ3v) is 1.27.